The maximum absolute atomic E-state index is 5.94. The summed E-state index contributed by atoms with van der Waals surface area (Å²) in [6.07, 6.45) is 5.33. The summed E-state index contributed by atoms with van der Waals surface area (Å²) in [6.45, 7) is 2.57. The van der Waals surface area contributed by atoms with Crippen LogP contribution in [0.2, 0.25) is 0 Å². The first-order chi connectivity index (χ1) is 5.84. The van der Waals surface area contributed by atoms with Crippen molar-refractivity contribution in [1.29, 1.82) is 0 Å². The van der Waals surface area contributed by atoms with Crippen LogP contribution in [0.4, 0.5) is 0 Å². The molecule has 0 saturated carbocycles. The summed E-state index contributed by atoms with van der Waals surface area (Å²) >= 11 is 0. The highest BCUT2D eigenvalue weighted by Crippen LogP contribution is 2.46. The predicted octanol–water partition coefficient (Wildman–Crippen LogP) is 1.12. The van der Waals surface area contributed by atoms with E-state index in [4.69, 9.17) is 4.74 Å². The molecule has 2 bridgehead atoms. The minimum Gasteiger partial charge on any atom is -0.374 e. The average molecular weight is 167 g/mol. The molecule has 3 saturated heterocycles. The van der Waals surface area contributed by atoms with Gasteiger partial charge in [-0.3, -0.25) is 0 Å². The highest BCUT2D eigenvalue weighted by molar-refractivity contribution is 4.99. The van der Waals surface area contributed by atoms with Gasteiger partial charge in [0.05, 0.1) is 12.2 Å². The summed E-state index contributed by atoms with van der Waals surface area (Å²) in [5, 5.41) is 0. The minimum atomic E-state index is 0.628. The molecule has 68 valence electrons. The van der Waals surface area contributed by atoms with E-state index in [1.165, 1.54) is 32.4 Å². The van der Waals surface area contributed by atoms with Crippen LogP contribution in [0.25, 0.3) is 0 Å². The Morgan fingerprint density at radius 2 is 1.83 bits per heavy atom. The van der Waals surface area contributed by atoms with Crippen LogP contribution in [-0.4, -0.2) is 37.2 Å². The van der Waals surface area contributed by atoms with E-state index in [9.17, 15) is 0 Å². The van der Waals surface area contributed by atoms with Crippen molar-refractivity contribution in [2.75, 3.05) is 20.1 Å². The van der Waals surface area contributed by atoms with Crippen molar-refractivity contribution >= 4 is 0 Å². The highest BCUT2D eigenvalue weighted by Gasteiger charge is 2.50. The molecule has 0 aromatic rings. The van der Waals surface area contributed by atoms with Crippen molar-refractivity contribution < 1.29 is 4.74 Å². The number of hydrogen-bond acceptors (Lipinski definition) is 2. The topological polar surface area (TPSA) is 12.5 Å². The van der Waals surface area contributed by atoms with Crippen LogP contribution in [0.3, 0.4) is 0 Å². The van der Waals surface area contributed by atoms with Gasteiger partial charge in [-0.1, -0.05) is 0 Å². The lowest BCUT2D eigenvalue weighted by molar-refractivity contribution is 0.0874. The van der Waals surface area contributed by atoms with Gasteiger partial charge in [-0.15, -0.1) is 0 Å². The summed E-state index contributed by atoms with van der Waals surface area (Å²) in [4.78, 5) is 2.46. The Balaban J connectivity index is 1.81. The van der Waals surface area contributed by atoms with Gasteiger partial charge in [0.15, 0.2) is 0 Å². The second-order valence-corrected chi connectivity index (χ2v) is 4.67. The molecule has 0 radical (unpaired) electrons. The molecule has 2 nitrogen and oxygen atoms in total. The molecule has 0 aromatic heterocycles. The molecule has 12 heavy (non-hydrogen) atoms. The van der Waals surface area contributed by atoms with E-state index in [2.05, 4.69) is 11.9 Å². The average Bonchev–Trinajstić information content (AvgIpc) is 2.63. The monoisotopic (exact) mass is 167 g/mol. The molecule has 2 heteroatoms. The highest BCUT2D eigenvalue weighted by atomic mass is 16.5. The molecule has 0 amide bonds. The molecule has 0 aliphatic carbocycles. The second-order valence-electron chi connectivity index (χ2n) is 4.67. The summed E-state index contributed by atoms with van der Waals surface area (Å²) in [5.41, 5.74) is 0. The molecule has 4 atom stereocenters. The van der Waals surface area contributed by atoms with Gasteiger partial charge in [0.1, 0.15) is 0 Å². The number of likely N-dealkylation sites (tertiary alicyclic amines) is 1. The lowest BCUT2D eigenvalue weighted by atomic mass is 9.75. The van der Waals surface area contributed by atoms with Crippen LogP contribution in [0.15, 0.2) is 0 Å². The van der Waals surface area contributed by atoms with Crippen molar-refractivity contribution in [1.82, 2.24) is 4.90 Å². The van der Waals surface area contributed by atoms with Crippen LogP contribution in [0.1, 0.15) is 19.3 Å². The Morgan fingerprint density at radius 3 is 2.67 bits per heavy atom. The smallest absolute Gasteiger partial charge is 0.0624 e. The van der Waals surface area contributed by atoms with E-state index in [-0.39, 0.29) is 0 Å². The van der Waals surface area contributed by atoms with E-state index in [0.717, 1.165) is 11.8 Å². The first kappa shape index (κ1) is 7.34. The number of rotatable bonds is 0. The lowest BCUT2D eigenvalue weighted by Gasteiger charge is -2.37. The summed E-state index contributed by atoms with van der Waals surface area (Å²) < 4.78 is 5.94. The zero-order chi connectivity index (χ0) is 8.13. The van der Waals surface area contributed by atoms with E-state index >= 15 is 0 Å². The zero-order valence-corrected chi connectivity index (χ0v) is 7.70. The Kier molecular flexibility index (Phi) is 1.50. The van der Waals surface area contributed by atoms with E-state index < -0.39 is 0 Å². The number of ether oxygens (including phenoxy) is 1. The maximum atomic E-state index is 5.94. The summed E-state index contributed by atoms with van der Waals surface area (Å²) in [6, 6.07) is 0. The van der Waals surface area contributed by atoms with Gasteiger partial charge in [-0.2, -0.15) is 0 Å². The van der Waals surface area contributed by atoms with Crippen LogP contribution < -0.4 is 0 Å². The normalized spacial score (nSPS) is 52.8. The van der Waals surface area contributed by atoms with Gasteiger partial charge in [-0.05, 0) is 38.8 Å². The maximum Gasteiger partial charge on any atom is 0.0624 e. The third-order valence-electron chi connectivity index (χ3n) is 3.96. The minimum absolute atomic E-state index is 0.628. The zero-order valence-electron chi connectivity index (χ0n) is 7.70. The first-order valence-corrected chi connectivity index (χ1v) is 5.18. The fourth-order valence-electron chi connectivity index (χ4n) is 3.34. The van der Waals surface area contributed by atoms with Gasteiger partial charge < -0.3 is 9.64 Å². The molecule has 0 aromatic carbocycles. The standard InChI is InChI=1S/C10H17NO/c1-11-5-4-7-8(6-11)10-3-2-9(7)12-10/h7-10H,2-6H2,1H3. The Labute approximate surface area is 73.9 Å². The Morgan fingerprint density at radius 1 is 1.08 bits per heavy atom. The van der Waals surface area contributed by atoms with E-state index in [1.54, 1.807) is 0 Å². The van der Waals surface area contributed by atoms with E-state index in [1.807, 2.05) is 0 Å². The van der Waals surface area contributed by atoms with Crippen molar-refractivity contribution in [3.8, 4) is 0 Å². The SMILES string of the molecule is CN1CCC2C3CCC(O3)C2C1. The molecule has 0 spiro atoms. The molecular weight excluding hydrogens is 150 g/mol. The van der Waals surface area contributed by atoms with Gasteiger partial charge >= 0.3 is 0 Å². The van der Waals surface area contributed by atoms with Crippen molar-refractivity contribution in [2.24, 2.45) is 11.8 Å². The molecule has 3 aliphatic rings. The van der Waals surface area contributed by atoms with Gasteiger partial charge in [0.2, 0.25) is 0 Å². The van der Waals surface area contributed by atoms with Crippen molar-refractivity contribution in [3.05, 3.63) is 0 Å². The summed E-state index contributed by atoms with van der Waals surface area (Å²) in [5.74, 6) is 1.79. The fraction of sp³-hybridized carbons (Fsp3) is 1.00. The molecule has 3 rings (SSSR count). The first-order valence-electron chi connectivity index (χ1n) is 5.18. The molecule has 4 unspecified atom stereocenters. The van der Waals surface area contributed by atoms with Gasteiger partial charge in [0, 0.05) is 12.5 Å². The fourth-order valence-corrected chi connectivity index (χ4v) is 3.34. The molecular formula is C10H17NO. The number of hydrogen-bond donors (Lipinski definition) is 0. The number of fused-ring (bicyclic) bond motifs is 5. The van der Waals surface area contributed by atoms with Crippen LogP contribution in [0.5, 0.6) is 0 Å². The third-order valence-corrected chi connectivity index (χ3v) is 3.96. The molecule has 3 heterocycles. The van der Waals surface area contributed by atoms with Crippen LogP contribution in [0, 0.1) is 11.8 Å². The third kappa shape index (κ3) is 0.882. The Hall–Kier alpha value is -0.0800. The largest absolute Gasteiger partial charge is 0.374 e. The van der Waals surface area contributed by atoms with Crippen molar-refractivity contribution in [2.45, 2.75) is 31.5 Å². The van der Waals surface area contributed by atoms with Gasteiger partial charge in [0.25, 0.3) is 0 Å². The summed E-state index contributed by atoms with van der Waals surface area (Å²) in [7, 11) is 2.24. The lowest BCUT2D eigenvalue weighted by Crippen LogP contribution is -2.43. The van der Waals surface area contributed by atoms with Crippen LogP contribution in [-0.2, 0) is 4.74 Å². The van der Waals surface area contributed by atoms with E-state index in [0.29, 0.717) is 12.2 Å². The predicted molar refractivity (Wildman–Crippen MR) is 47.0 cm³/mol. The number of piperidine rings is 1. The second kappa shape index (κ2) is 2.46. The van der Waals surface area contributed by atoms with Crippen LogP contribution >= 0.6 is 0 Å². The molecule has 3 aliphatic heterocycles. The number of nitrogens with zero attached hydrogens (tertiary/aromatic N) is 1. The van der Waals surface area contributed by atoms with Crippen molar-refractivity contribution in [3.63, 3.8) is 0 Å². The molecule has 0 N–H and O–H groups in total. The Bertz CT molecular complexity index is 194. The van der Waals surface area contributed by atoms with Gasteiger partial charge in [-0.25, -0.2) is 0 Å². The quantitative estimate of drug-likeness (QED) is 0.536. The molecule has 3 fully saturated rings.